The van der Waals surface area contributed by atoms with Crippen molar-refractivity contribution >= 4 is 46.7 Å². The van der Waals surface area contributed by atoms with Crippen molar-refractivity contribution in [3.8, 4) is 0 Å². The second-order valence-electron chi connectivity index (χ2n) is 3.52. The number of aliphatic hydroxyl groups excluding tert-OH is 1. The molecule has 1 rings (SSSR count). The third-order valence-corrected chi connectivity index (χ3v) is 2.40. The number of carboxylic acids is 1. The molecule has 0 aromatic heterocycles. The van der Waals surface area contributed by atoms with Crippen molar-refractivity contribution in [3.63, 3.8) is 0 Å². The third-order valence-electron chi connectivity index (χ3n) is 2.08. The maximum absolute atomic E-state index is 11.7. The Morgan fingerprint density at radius 3 is 2.37 bits per heavy atom. The minimum Gasteiger partial charge on any atom is -0.479 e. The molecular weight excluding hydrogens is 318 g/mol. The van der Waals surface area contributed by atoms with Gasteiger partial charge in [-0.25, -0.2) is 9.59 Å². The van der Waals surface area contributed by atoms with Crippen molar-refractivity contribution in [3.05, 3.63) is 35.4 Å². The van der Waals surface area contributed by atoms with Gasteiger partial charge in [0.05, 0.1) is 5.56 Å². The minimum atomic E-state index is -1.84. The van der Waals surface area contributed by atoms with Crippen LogP contribution in [0.5, 0.6) is 0 Å². The number of rotatable bonds is 4. The molecule has 0 radical (unpaired) electrons. The predicted octanol–water partition coefficient (Wildman–Crippen LogP) is 2.33. The molecule has 0 aliphatic rings. The van der Waals surface area contributed by atoms with E-state index in [0.717, 1.165) is 0 Å². The number of aliphatic carboxylic acids is 1. The average Bonchev–Trinajstić information content (AvgIpc) is 2.34. The fourth-order valence-corrected chi connectivity index (χ4v) is 1.44. The van der Waals surface area contributed by atoms with E-state index in [1.165, 1.54) is 24.3 Å². The second kappa shape index (κ2) is 6.43. The molecule has 0 heterocycles. The first-order valence-corrected chi connectivity index (χ1v) is 6.09. The summed E-state index contributed by atoms with van der Waals surface area (Å²) in [5, 5.41) is 18.2. The molecule has 0 aliphatic heterocycles. The Morgan fingerprint density at radius 2 is 1.84 bits per heavy atom. The summed E-state index contributed by atoms with van der Waals surface area (Å²) in [6.07, 6.45) is -1.84. The van der Waals surface area contributed by atoms with Crippen LogP contribution in [-0.2, 0) is 9.53 Å². The third kappa shape index (κ3) is 4.87. The number of hydrogen-bond donors (Lipinski definition) is 2. The quantitative estimate of drug-likeness (QED) is 0.655. The molecule has 0 aliphatic carbocycles. The normalized spacial score (nSPS) is 12.8. The number of alkyl halides is 3. The van der Waals surface area contributed by atoms with Gasteiger partial charge in [0.2, 0.25) is 3.79 Å². The Bertz CT molecular complexity index is 483. The molecule has 104 valence electrons. The minimum absolute atomic E-state index is 0.0932. The lowest BCUT2D eigenvalue weighted by Gasteiger charge is -2.14. The van der Waals surface area contributed by atoms with Gasteiger partial charge in [-0.2, -0.15) is 0 Å². The van der Waals surface area contributed by atoms with Crippen LogP contribution in [0.25, 0.3) is 0 Å². The maximum atomic E-state index is 11.7. The number of benzene rings is 1. The van der Waals surface area contributed by atoms with Crippen LogP contribution in [0, 0.1) is 0 Å². The predicted molar refractivity (Wildman–Crippen MR) is 69.6 cm³/mol. The number of carbonyl (C=O) groups is 2. The lowest BCUT2D eigenvalue weighted by atomic mass is 10.0. The molecule has 0 unspecified atom stereocenters. The highest BCUT2D eigenvalue weighted by molar-refractivity contribution is 6.67. The van der Waals surface area contributed by atoms with Gasteiger partial charge in [0.1, 0.15) is 6.61 Å². The number of ether oxygens (including phenoxy) is 1. The molecule has 8 heteroatoms. The molecule has 0 amide bonds. The summed E-state index contributed by atoms with van der Waals surface area (Å²) < 4.78 is 2.96. The van der Waals surface area contributed by atoms with Crippen LogP contribution in [0.3, 0.4) is 0 Å². The van der Waals surface area contributed by atoms with Gasteiger partial charge >= 0.3 is 11.9 Å². The summed E-state index contributed by atoms with van der Waals surface area (Å²) in [5.74, 6) is -2.37. The Morgan fingerprint density at radius 1 is 1.26 bits per heavy atom. The molecule has 1 aromatic carbocycles. The summed E-state index contributed by atoms with van der Waals surface area (Å²) >= 11 is 16.3. The molecule has 5 nitrogen and oxygen atoms in total. The number of hydrogen-bond acceptors (Lipinski definition) is 4. The van der Waals surface area contributed by atoms with Crippen LogP contribution < -0.4 is 0 Å². The zero-order valence-corrected chi connectivity index (χ0v) is 11.6. The van der Waals surface area contributed by atoms with E-state index in [0.29, 0.717) is 0 Å². The summed E-state index contributed by atoms with van der Waals surface area (Å²) in [4.78, 5) is 22.5. The highest BCUT2D eigenvalue weighted by Gasteiger charge is 2.26. The molecule has 1 aromatic rings. The van der Waals surface area contributed by atoms with Crippen molar-refractivity contribution < 1.29 is 24.5 Å². The van der Waals surface area contributed by atoms with Crippen LogP contribution in [0.1, 0.15) is 22.0 Å². The number of aliphatic hydroxyl groups is 1. The number of carboxylic acid groups (broad SMARTS) is 1. The van der Waals surface area contributed by atoms with Gasteiger partial charge in [-0.3, -0.25) is 0 Å². The molecule has 0 spiro atoms. The van der Waals surface area contributed by atoms with Gasteiger partial charge in [0.15, 0.2) is 6.10 Å². The monoisotopic (exact) mass is 326 g/mol. The molecule has 0 fully saturated rings. The van der Waals surface area contributed by atoms with Crippen molar-refractivity contribution in [2.24, 2.45) is 0 Å². The Labute approximate surface area is 123 Å². The highest BCUT2D eigenvalue weighted by atomic mass is 35.6. The number of halogens is 3. The van der Waals surface area contributed by atoms with E-state index in [-0.39, 0.29) is 11.1 Å². The Kier molecular flexibility index (Phi) is 5.43. The van der Waals surface area contributed by atoms with Crippen LogP contribution in [0.2, 0.25) is 0 Å². The standard InChI is InChI=1S/C11H9Cl3O5/c12-11(13,14)5-19-10(18)7-4-2-1-3-6(7)8(15)9(16)17/h1-4,8,15H,5H2,(H,16,17)/t8-/m1/s1. The van der Waals surface area contributed by atoms with Crippen molar-refractivity contribution in [2.45, 2.75) is 9.90 Å². The Balaban J connectivity index is 2.94. The molecule has 1 atom stereocenters. The SMILES string of the molecule is O=C(OCC(Cl)(Cl)Cl)c1ccccc1[C@@H](O)C(=O)O. The lowest BCUT2D eigenvalue weighted by molar-refractivity contribution is -0.146. The van der Waals surface area contributed by atoms with Gasteiger partial charge in [0, 0.05) is 5.56 Å². The zero-order valence-electron chi connectivity index (χ0n) is 9.35. The van der Waals surface area contributed by atoms with E-state index < -0.39 is 28.4 Å². The first-order valence-electron chi connectivity index (χ1n) is 4.96. The summed E-state index contributed by atoms with van der Waals surface area (Å²) in [7, 11) is 0. The molecule has 2 N–H and O–H groups in total. The van der Waals surface area contributed by atoms with Crippen LogP contribution in [0.4, 0.5) is 0 Å². The lowest BCUT2D eigenvalue weighted by Crippen LogP contribution is -2.20. The highest BCUT2D eigenvalue weighted by Crippen LogP contribution is 2.27. The fourth-order valence-electron chi connectivity index (χ4n) is 1.28. The van der Waals surface area contributed by atoms with E-state index in [2.05, 4.69) is 0 Å². The second-order valence-corrected chi connectivity index (χ2v) is 6.04. The van der Waals surface area contributed by atoms with Gasteiger partial charge in [0.25, 0.3) is 0 Å². The molecule has 0 bridgehead atoms. The van der Waals surface area contributed by atoms with E-state index in [9.17, 15) is 14.7 Å². The summed E-state index contributed by atoms with van der Waals surface area (Å²) in [5.41, 5.74) is -0.198. The largest absolute Gasteiger partial charge is 0.479 e. The zero-order chi connectivity index (χ0) is 14.6. The van der Waals surface area contributed by atoms with E-state index in [4.69, 9.17) is 44.6 Å². The van der Waals surface area contributed by atoms with E-state index in [1.54, 1.807) is 0 Å². The molecule has 19 heavy (non-hydrogen) atoms. The topological polar surface area (TPSA) is 83.8 Å². The smallest absolute Gasteiger partial charge is 0.338 e. The number of carbonyl (C=O) groups excluding carboxylic acids is 1. The number of esters is 1. The maximum Gasteiger partial charge on any atom is 0.338 e. The van der Waals surface area contributed by atoms with Crippen molar-refractivity contribution in [1.29, 1.82) is 0 Å². The summed E-state index contributed by atoms with van der Waals surface area (Å²) in [6, 6.07) is 5.57. The van der Waals surface area contributed by atoms with Crippen LogP contribution >= 0.6 is 34.8 Å². The Hall–Kier alpha value is -1.01. The molecule has 0 saturated carbocycles. The van der Waals surface area contributed by atoms with Gasteiger partial charge in [-0.05, 0) is 6.07 Å². The summed E-state index contributed by atoms with van der Waals surface area (Å²) in [6.45, 7) is -0.492. The van der Waals surface area contributed by atoms with Crippen LogP contribution in [-0.4, -0.2) is 32.6 Å². The first-order chi connectivity index (χ1) is 8.72. The van der Waals surface area contributed by atoms with Gasteiger partial charge in [-0.1, -0.05) is 53.0 Å². The van der Waals surface area contributed by atoms with Crippen molar-refractivity contribution in [2.75, 3.05) is 6.61 Å². The van der Waals surface area contributed by atoms with Crippen LogP contribution in [0.15, 0.2) is 24.3 Å². The van der Waals surface area contributed by atoms with E-state index >= 15 is 0 Å². The fraction of sp³-hybridized carbons (Fsp3) is 0.273. The van der Waals surface area contributed by atoms with Crippen molar-refractivity contribution in [1.82, 2.24) is 0 Å². The molecular formula is C11H9Cl3O5. The molecule has 0 saturated heterocycles. The van der Waals surface area contributed by atoms with Gasteiger partial charge < -0.3 is 14.9 Å². The van der Waals surface area contributed by atoms with E-state index in [1.807, 2.05) is 0 Å². The van der Waals surface area contributed by atoms with Gasteiger partial charge in [-0.15, -0.1) is 0 Å². The first kappa shape index (κ1) is 16.0. The average molecular weight is 328 g/mol.